The van der Waals surface area contributed by atoms with Crippen LogP contribution in [0.25, 0.3) is 0 Å². The van der Waals surface area contributed by atoms with Gasteiger partial charge in [-0.25, -0.2) is 9.37 Å². The van der Waals surface area contributed by atoms with E-state index in [4.69, 9.17) is 0 Å². The lowest BCUT2D eigenvalue weighted by Crippen LogP contribution is -2.43. The molecule has 0 N–H and O–H groups in total. The quantitative estimate of drug-likeness (QED) is 0.867. The number of aromatic nitrogens is 1. The smallest absolute Gasteiger partial charge is 0.165 e. The molecule has 2 bridgehead atoms. The molecule has 2 atom stereocenters. The Kier molecular flexibility index (Phi) is 4.00. The van der Waals surface area contributed by atoms with Crippen molar-refractivity contribution in [2.24, 2.45) is 5.92 Å². The van der Waals surface area contributed by atoms with Gasteiger partial charge in [-0.05, 0) is 36.5 Å². The number of pyridine rings is 1. The maximum Gasteiger partial charge on any atom is 0.165 e. The van der Waals surface area contributed by atoms with Gasteiger partial charge >= 0.3 is 0 Å². The van der Waals surface area contributed by atoms with Gasteiger partial charge in [-0.15, -0.1) is 0 Å². The van der Waals surface area contributed by atoms with Gasteiger partial charge in [0.25, 0.3) is 0 Å². The summed E-state index contributed by atoms with van der Waals surface area (Å²) in [6.07, 6.45) is 4.12. The molecule has 23 heavy (non-hydrogen) atoms. The summed E-state index contributed by atoms with van der Waals surface area (Å²) >= 11 is 0. The summed E-state index contributed by atoms with van der Waals surface area (Å²) in [6, 6.07) is 14.3. The lowest BCUT2D eigenvalue weighted by molar-refractivity contribution is 0.126. The second kappa shape index (κ2) is 6.28. The van der Waals surface area contributed by atoms with Crippen molar-refractivity contribution in [1.29, 1.82) is 0 Å². The van der Waals surface area contributed by atoms with Crippen LogP contribution >= 0.6 is 0 Å². The zero-order valence-electron chi connectivity index (χ0n) is 13.2. The van der Waals surface area contributed by atoms with E-state index < -0.39 is 0 Å². The molecular formula is C19H22FN3. The number of halogens is 1. The minimum absolute atomic E-state index is 0.205. The van der Waals surface area contributed by atoms with E-state index in [-0.39, 0.29) is 5.82 Å². The molecule has 3 aliphatic heterocycles. The van der Waals surface area contributed by atoms with Crippen LogP contribution in [-0.4, -0.2) is 35.6 Å². The van der Waals surface area contributed by atoms with Gasteiger partial charge in [0.15, 0.2) is 11.6 Å². The number of fused-ring (bicyclic) bond motifs is 4. The summed E-state index contributed by atoms with van der Waals surface area (Å²) in [4.78, 5) is 9.01. The lowest BCUT2D eigenvalue weighted by Gasteiger charge is -2.36. The fraction of sp³-hybridized carbons (Fsp3) is 0.421. The van der Waals surface area contributed by atoms with Crippen LogP contribution in [0.1, 0.15) is 18.4 Å². The summed E-state index contributed by atoms with van der Waals surface area (Å²) in [7, 11) is 0. The third kappa shape index (κ3) is 3.08. The Hall–Kier alpha value is -1.94. The van der Waals surface area contributed by atoms with E-state index in [0.717, 1.165) is 26.2 Å². The molecule has 0 aliphatic carbocycles. The molecular weight excluding hydrogens is 289 g/mol. The molecule has 1 aromatic heterocycles. The number of anilines is 1. The Morgan fingerprint density at radius 1 is 1.00 bits per heavy atom. The topological polar surface area (TPSA) is 19.4 Å². The molecule has 4 heterocycles. The van der Waals surface area contributed by atoms with Gasteiger partial charge in [0.2, 0.25) is 0 Å². The number of piperidine rings is 1. The van der Waals surface area contributed by atoms with E-state index in [0.29, 0.717) is 17.8 Å². The molecule has 3 aliphatic rings. The number of nitrogens with zero attached hydrogens (tertiary/aromatic N) is 3. The highest BCUT2D eigenvalue weighted by Crippen LogP contribution is 2.31. The van der Waals surface area contributed by atoms with Gasteiger partial charge in [0, 0.05) is 38.4 Å². The standard InChI is InChI=1S/C19H22FN3/c20-18-7-4-10-21-19(18)23-13-16-8-9-17(14-23)22(12-16)11-15-5-2-1-3-6-15/h1-7,10,16-17H,8-9,11-14H2/t16-,17-/m0/s1. The highest BCUT2D eigenvalue weighted by atomic mass is 19.1. The predicted octanol–water partition coefficient (Wildman–Crippen LogP) is 3.32. The second-order valence-electron chi connectivity index (χ2n) is 6.73. The molecule has 3 nitrogen and oxygen atoms in total. The fourth-order valence-corrected chi connectivity index (χ4v) is 3.97. The molecule has 0 saturated carbocycles. The van der Waals surface area contributed by atoms with Crippen molar-refractivity contribution in [3.8, 4) is 0 Å². The van der Waals surface area contributed by atoms with E-state index in [1.807, 2.05) is 0 Å². The zero-order chi connectivity index (χ0) is 15.6. The Bertz CT molecular complexity index is 661. The molecule has 2 aromatic rings. The number of rotatable bonds is 3. The highest BCUT2D eigenvalue weighted by Gasteiger charge is 2.35. The average Bonchev–Trinajstić information content (AvgIpc) is 2.88. The van der Waals surface area contributed by atoms with Crippen molar-refractivity contribution in [3.63, 3.8) is 0 Å². The number of hydrogen-bond donors (Lipinski definition) is 0. The molecule has 0 amide bonds. The predicted molar refractivity (Wildman–Crippen MR) is 89.8 cm³/mol. The molecule has 0 spiro atoms. The summed E-state index contributed by atoms with van der Waals surface area (Å²) in [5.74, 6) is 0.910. The van der Waals surface area contributed by atoms with Crippen LogP contribution in [0.5, 0.6) is 0 Å². The van der Waals surface area contributed by atoms with Gasteiger partial charge < -0.3 is 4.90 Å². The van der Waals surface area contributed by atoms with Gasteiger partial charge in [0.05, 0.1) is 0 Å². The van der Waals surface area contributed by atoms with Crippen molar-refractivity contribution < 1.29 is 4.39 Å². The molecule has 0 radical (unpaired) electrons. The van der Waals surface area contributed by atoms with E-state index in [1.165, 1.54) is 24.5 Å². The Morgan fingerprint density at radius 2 is 1.87 bits per heavy atom. The van der Waals surface area contributed by atoms with Gasteiger partial charge in [0.1, 0.15) is 0 Å². The van der Waals surface area contributed by atoms with Crippen LogP contribution < -0.4 is 4.90 Å². The maximum atomic E-state index is 14.1. The molecule has 1 aromatic carbocycles. The van der Waals surface area contributed by atoms with E-state index >= 15 is 0 Å². The fourth-order valence-electron chi connectivity index (χ4n) is 3.97. The third-order valence-corrected chi connectivity index (χ3v) is 5.09. The van der Waals surface area contributed by atoms with Crippen LogP contribution in [0, 0.1) is 11.7 Å². The maximum absolute atomic E-state index is 14.1. The summed E-state index contributed by atoms with van der Waals surface area (Å²) in [6.45, 7) is 3.87. The van der Waals surface area contributed by atoms with Gasteiger partial charge in [-0.2, -0.15) is 0 Å². The largest absolute Gasteiger partial charge is 0.352 e. The van der Waals surface area contributed by atoms with E-state index in [9.17, 15) is 4.39 Å². The van der Waals surface area contributed by atoms with Crippen molar-refractivity contribution in [2.45, 2.75) is 25.4 Å². The molecule has 3 fully saturated rings. The lowest BCUT2D eigenvalue weighted by atomic mass is 9.94. The van der Waals surface area contributed by atoms with Crippen molar-refractivity contribution in [1.82, 2.24) is 9.88 Å². The van der Waals surface area contributed by atoms with Crippen molar-refractivity contribution in [3.05, 3.63) is 60.0 Å². The molecule has 0 unspecified atom stereocenters. The Labute approximate surface area is 136 Å². The SMILES string of the molecule is Fc1cccnc1N1C[C@H]2CC[C@@H](C1)N(Cc1ccccc1)C2. The van der Waals surface area contributed by atoms with E-state index in [1.54, 1.807) is 12.3 Å². The first-order valence-corrected chi connectivity index (χ1v) is 8.43. The van der Waals surface area contributed by atoms with Crippen LogP contribution in [0.4, 0.5) is 10.2 Å². The Morgan fingerprint density at radius 3 is 2.70 bits per heavy atom. The molecule has 3 saturated heterocycles. The molecule has 5 rings (SSSR count). The minimum atomic E-state index is -0.205. The van der Waals surface area contributed by atoms with Gasteiger partial charge in [-0.1, -0.05) is 30.3 Å². The van der Waals surface area contributed by atoms with Crippen LogP contribution in [-0.2, 0) is 6.54 Å². The highest BCUT2D eigenvalue weighted by molar-refractivity contribution is 5.40. The normalized spacial score (nSPS) is 24.7. The van der Waals surface area contributed by atoms with Crippen LogP contribution in [0.15, 0.2) is 48.7 Å². The minimum Gasteiger partial charge on any atom is -0.352 e. The Balaban J connectivity index is 1.54. The summed E-state index contributed by atoms with van der Waals surface area (Å²) < 4.78 is 14.1. The zero-order valence-corrected chi connectivity index (χ0v) is 13.2. The number of hydrogen-bond acceptors (Lipinski definition) is 3. The second-order valence-corrected chi connectivity index (χ2v) is 6.73. The molecule has 4 heteroatoms. The van der Waals surface area contributed by atoms with E-state index in [2.05, 4.69) is 45.1 Å². The summed E-state index contributed by atoms with van der Waals surface area (Å²) in [5, 5.41) is 0. The van der Waals surface area contributed by atoms with Crippen LogP contribution in [0.2, 0.25) is 0 Å². The molecule has 120 valence electrons. The monoisotopic (exact) mass is 311 g/mol. The number of benzene rings is 1. The summed E-state index contributed by atoms with van der Waals surface area (Å²) in [5.41, 5.74) is 1.36. The average molecular weight is 311 g/mol. The first-order chi connectivity index (χ1) is 11.3. The van der Waals surface area contributed by atoms with Gasteiger partial charge in [-0.3, -0.25) is 4.90 Å². The third-order valence-electron chi connectivity index (χ3n) is 5.09. The van der Waals surface area contributed by atoms with Crippen molar-refractivity contribution in [2.75, 3.05) is 24.5 Å². The first-order valence-electron chi connectivity index (χ1n) is 8.43. The first kappa shape index (κ1) is 14.6. The van der Waals surface area contributed by atoms with Crippen LogP contribution in [0.3, 0.4) is 0 Å². The van der Waals surface area contributed by atoms with Crippen molar-refractivity contribution >= 4 is 5.82 Å².